The normalized spacial score (nSPS) is 11.4. The maximum Gasteiger partial charge on any atom is 0.227 e. The molecule has 2 aromatic heterocycles. The van der Waals surface area contributed by atoms with Gasteiger partial charge in [-0.05, 0) is 52.5 Å². The molecular formula is C21H10Cl2FN3O. The Morgan fingerprint density at radius 3 is 2.21 bits per heavy atom. The van der Waals surface area contributed by atoms with Gasteiger partial charge in [0.1, 0.15) is 17.0 Å². The fraction of sp³-hybridized carbons (Fsp3) is 0. The predicted octanol–water partition coefficient (Wildman–Crippen LogP) is 6.55. The van der Waals surface area contributed by atoms with Gasteiger partial charge in [-0.25, -0.2) is 4.39 Å². The number of furan rings is 1. The molecule has 0 fully saturated rings. The molecule has 5 rings (SSSR count). The minimum Gasteiger partial charge on any atom is -0.456 e. The summed E-state index contributed by atoms with van der Waals surface area (Å²) in [5.41, 5.74) is 3.07. The highest BCUT2D eigenvalue weighted by molar-refractivity contribution is 6.31. The summed E-state index contributed by atoms with van der Waals surface area (Å²) in [4.78, 5) is 11.9. The average molecular weight is 410 g/mol. The van der Waals surface area contributed by atoms with Crippen molar-refractivity contribution in [1.82, 2.24) is 15.0 Å². The summed E-state index contributed by atoms with van der Waals surface area (Å²) < 4.78 is 20.9. The van der Waals surface area contributed by atoms with Crippen molar-refractivity contribution >= 4 is 45.1 Å². The van der Waals surface area contributed by atoms with E-state index in [2.05, 4.69) is 15.0 Å². The third kappa shape index (κ3) is 2.71. The Balaban J connectivity index is 1.88. The second kappa shape index (κ2) is 6.55. The van der Waals surface area contributed by atoms with Gasteiger partial charge in [0.25, 0.3) is 0 Å². The second-order valence-corrected chi connectivity index (χ2v) is 6.81. The van der Waals surface area contributed by atoms with Crippen molar-refractivity contribution in [2.24, 2.45) is 0 Å². The Labute approximate surface area is 168 Å². The number of benzene rings is 3. The summed E-state index contributed by atoms with van der Waals surface area (Å²) in [6.45, 7) is 0. The monoisotopic (exact) mass is 409 g/mol. The molecule has 0 radical (unpaired) electrons. The van der Waals surface area contributed by atoms with E-state index < -0.39 is 5.82 Å². The van der Waals surface area contributed by atoms with E-state index in [0.717, 1.165) is 21.9 Å². The van der Waals surface area contributed by atoms with Crippen LogP contribution >= 0.6 is 23.2 Å². The molecule has 0 aliphatic heterocycles. The summed E-state index contributed by atoms with van der Waals surface area (Å²) in [7, 11) is 0. The van der Waals surface area contributed by atoms with Crippen molar-refractivity contribution < 1.29 is 8.81 Å². The van der Waals surface area contributed by atoms with Crippen molar-refractivity contribution in [3.63, 3.8) is 0 Å². The highest BCUT2D eigenvalue weighted by Gasteiger charge is 2.20. The van der Waals surface area contributed by atoms with Crippen LogP contribution < -0.4 is 0 Å². The van der Waals surface area contributed by atoms with Gasteiger partial charge in [0.2, 0.25) is 10.6 Å². The van der Waals surface area contributed by atoms with E-state index in [-0.39, 0.29) is 22.0 Å². The maximum atomic E-state index is 14.9. The van der Waals surface area contributed by atoms with E-state index in [0.29, 0.717) is 11.1 Å². The molecule has 5 aromatic rings. The van der Waals surface area contributed by atoms with Crippen LogP contribution in [0.4, 0.5) is 4.39 Å². The number of nitrogens with zero attached hydrogens (tertiary/aromatic N) is 3. The van der Waals surface area contributed by atoms with E-state index in [9.17, 15) is 4.39 Å². The molecule has 0 N–H and O–H groups in total. The van der Waals surface area contributed by atoms with Gasteiger partial charge < -0.3 is 4.42 Å². The van der Waals surface area contributed by atoms with Crippen LogP contribution in [0.3, 0.4) is 0 Å². The lowest BCUT2D eigenvalue weighted by molar-refractivity contribution is 0.630. The van der Waals surface area contributed by atoms with E-state index in [1.54, 1.807) is 12.1 Å². The van der Waals surface area contributed by atoms with Crippen LogP contribution in [0.5, 0.6) is 0 Å². The van der Waals surface area contributed by atoms with Gasteiger partial charge in [-0.1, -0.05) is 42.5 Å². The molecule has 0 aliphatic carbocycles. The predicted molar refractivity (Wildman–Crippen MR) is 108 cm³/mol. The van der Waals surface area contributed by atoms with Gasteiger partial charge in [-0.15, -0.1) is 0 Å². The number of halogens is 3. The summed E-state index contributed by atoms with van der Waals surface area (Å²) in [6, 6.07) is 18.2. The molecule has 0 saturated carbocycles. The van der Waals surface area contributed by atoms with Gasteiger partial charge in [0, 0.05) is 10.8 Å². The number of aromatic nitrogens is 3. The molecule has 0 saturated heterocycles. The summed E-state index contributed by atoms with van der Waals surface area (Å²) in [6.07, 6.45) is 0. The van der Waals surface area contributed by atoms with Crippen LogP contribution in [-0.4, -0.2) is 15.0 Å². The molecule has 0 bridgehead atoms. The molecule has 0 spiro atoms. The minimum atomic E-state index is -0.486. The first-order chi connectivity index (χ1) is 13.6. The highest BCUT2D eigenvalue weighted by Crippen LogP contribution is 2.40. The molecular weight excluding hydrogens is 400 g/mol. The van der Waals surface area contributed by atoms with E-state index in [1.165, 1.54) is 6.07 Å². The number of hydrogen-bond donors (Lipinski definition) is 0. The lowest BCUT2D eigenvalue weighted by atomic mass is 9.94. The van der Waals surface area contributed by atoms with Crippen LogP contribution in [0.15, 0.2) is 65.1 Å². The Morgan fingerprint density at radius 2 is 1.39 bits per heavy atom. The molecule has 0 amide bonds. The molecule has 0 unspecified atom stereocenters. The van der Waals surface area contributed by atoms with Crippen molar-refractivity contribution in [2.75, 3.05) is 0 Å². The van der Waals surface area contributed by atoms with Crippen LogP contribution in [0, 0.1) is 5.82 Å². The molecule has 0 aliphatic rings. The maximum absolute atomic E-state index is 14.9. The number of fused-ring (bicyclic) bond motifs is 3. The molecule has 0 atom stereocenters. The molecule has 28 heavy (non-hydrogen) atoms. The van der Waals surface area contributed by atoms with Crippen LogP contribution in [0.2, 0.25) is 10.6 Å². The number of para-hydroxylation sites is 1. The quantitative estimate of drug-likeness (QED) is 0.331. The highest BCUT2D eigenvalue weighted by atomic mass is 35.5. The smallest absolute Gasteiger partial charge is 0.227 e. The van der Waals surface area contributed by atoms with Crippen molar-refractivity contribution in [1.29, 1.82) is 0 Å². The molecule has 3 aromatic carbocycles. The second-order valence-electron chi connectivity index (χ2n) is 6.14. The SMILES string of the molecule is Fc1cccc(-c2cccc3oc4ccccc4c23)c1-c1nc(Cl)nc(Cl)n1. The molecule has 136 valence electrons. The van der Waals surface area contributed by atoms with Gasteiger partial charge in [0.05, 0.1) is 5.56 Å². The first-order valence-electron chi connectivity index (χ1n) is 8.38. The Hall–Kier alpha value is -3.02. The van der Waals surface area contributed by atoms with Crippen molar-refractivity contribution in [3.05, 3.63) is 77.0 Å². The fourth-order valence-corrected chi connectivity index (χ4v) is 3.78. The summed E-state index contributed by atoms with van der Waals surface area (Å²) >= 11 is 11.8. The van der Waals surface area contributed by atoms with Gasteiger partial charge in [-0.3, -0.25) is 0 Å². The summed E-state index contributed by atoms with van der Waals surface area (Å²) in [5, 5.41) is 1.62. The third-order valence-corrected chi connectivity index (χ3v) is 4.85. The number of hydrogen-bond acceptors (Lipinski definition) is 4. The molecule has 7 heteroatoms. The zero-order chi connectivity index (χ0) is 19.3. The number of rotatable bonds is 2. The minimum absolute atomic E-state index is 0.0721. The van der Waals surface area contributed by atoms with Crippen LogP contribution in [-0.2, 0) is 0 Å². The van der Waals surface area contributed by atoms with E-state index in [4.69, 9.17) is 27.6 Å². The van der Waals surface area contributed by atoms with E-state index >= 15 is 0 Å². The van der Waals surface area contributed by atoms with Crippen LogP contribution in [0.25, 0.3) is 44.5 Å². The standard InChI is InChI=1S/C21H10Cl2FN3O/c22-20-25-19(26-21(23)27-20)18-12(6-3-8-14(18)24)11-7-4-10-16-17(11)13-5-1-2-9-15(13)28-16/h1-10H. The Bertz CT molecular complexity index is 1350. The Kier molecular flexibility index (Phi) is 4.00. The summed E-state index contributed by atoms with van der Waals surface area (Å²) in [5.74, 6) is -0.413. The third-order valence-electron chi connectivity index (χ3n) is 4.51. The first-order valence-corrected chi connectivity index (χ1v) is 9.14. The molecule has 4 nitrogen and oxygen atoms in total. The average Bonchev–Trinajstić information content (AvgIpc) is 3.05. The molecule has 2 heterocycles. The van der Waals surface area contributed by atoms with Gasteiger partial charge >= 0.3 is 0 Å². The van der Waals surface area contributed by atoms with Crippen molar-refractivity contribution in [3.8, 4) is 22.5 Å². The zero-order valence-corrected chi connectivity index (χ0v) is 15.7. The van der Waals surface area contributed by atoms with E-state index in [1.807, 2.05) is 42.5 Å². The fourth-order valence-electron chi connectivity index (χ4n) is 3.41. The lowest BCUT2D eigenvalue weighted by Crippen LogP contribution is -1.98. The zero-order valence-electron chi connectivity index (χ0n) is 14.2. The lowest BCUT2D eigenvalue weighted by Gasteiger charge is -2.11. The Morgan fingerprint density at radius 1 is 0.714 bits per heavy atom. The first kappa shape index (κ1) is 17.1. The largest absolute Gasteiger partial charge is 0.456 e. The van der Waals surface area contributed by atoms with Gasteiger partial charge in [-0.2, -0.15) is 15.0 Å². The topological polar surface area (TPSA) is 51.8 Å². The van der Waals surface area contributed by atoms with Crippen molar-refractivity contribution in [2.45, 2.75) is 0 Å². The van der Waals surface area contributed by atoms with Gasteiger partial charge in [0.15, 0.2) is 5.82 Å². The van der Waals surface area contributed by atoms with Crippen LogP contribution in [0.1, 0.15) is 0 Å².